The number of nitrogens with one attached hydrogen (secondary N) is 1. The van der Waals surface area contributed by atoms with Crippen molar-refractivity contribution >= 4 is 23.1 Å². The van der Waals surface area contributed by atoms with E-state index in [4.69, 9.17) is 4.74 Å². The third-order valence-electron chi connectivity index (χ3n) is 5.01. The van der Waals surface area contributed by atoms with Crippen LogP contribution in [0.4, 0.5) is 10.5 Å². The maximum absolute atomic E-state index is 12.9. The molecule has 4 nitrogen and oxygen atoms in total. The monoisotopic (exact) mass is 356 g/mol. The van der Waals surface area contributed by atoms with Crippen molar-refractivity contribution in [3.8, 4) is 0 Å². The van der Waals surface area contributed by atoms with Gasteiger partial charge in [-0.1, -0.05) is 12.1 Å². The lowest BCUT2D eigenvalue weighted by Crippen LogP contribution is -2.39. The van der Waals surface area contributed by atoms with Crippen molar-refractivity contribution in [2.45, 2.75) is 44.8 Å². The van der Waals surface area contributed by atoms with Crippen LogP contribution in [0.1, 0.15) is 35.3 Å². The minimum absolute atomic E-state index is 0.0400. The zero-order valence-electron chi connectivity index (χ0n) is 14.4. The summed E-state index contributed by atoms with van der Waals surface area (Å²) in [6.45, 7) is 2.09. The van der Waals surface area contributed by atoms with Crippen molar-refractivity contribution in [3.05, 3.63) is 51.7 Å². The SMILES string of the molecule is O=C(Nc1ccc2c(c1)CCC2)N(Cc1cccs1)C[C@@H]1CCCO1. The van der Waals surface area contributed by atoms with Crippen LogP contribution in [0.25, 0.3) is 0 Å². The van der Waals surface area contributed by atoms with Crippen LogP contribution in [-0.4, -0.2) is 30.2 Å². The minimum atomic E-state index is -0.0400. The number of ether oxygens (including phenoxy) is 1. The normalized spacial score (nSPS) is 19.0. The molecule has 1 saturated heterocycles. The van der Waals surface area contributed by atoms with E-state index in [1.165, 1.54) is 22.4 Å². The second kappa shape index (κ2) is 7.58. The van der Waals surface area contributed by atoms with E-state index in [1.54, 1.807) is 11.3 Å². The Kier molecular flexibility index (Phi) is 5.04. The molecular formula is C20H24N2O2S. The molecule has 1 atom stereocenters. The van der Waals surface area contributed by atoms with Crippen molar-refractivity contribution in [1.29, 1.82) is 0 Å². The van der Waals surface area contributed by atoms with Gasteiger partial charge in [-0.3, -0.25) is 0 Å². The number of fused-ring (bicyclic) bond motifs is 1. The van der Waals surface area contributed by atoms with Crippen LogP contribution in [0.2, 0.25) is 0 Å². The molecule has 2 heterocycles. The Bertz CT molecular complexity index is 723. The van der Waals surface area contributed by atoms with E-state index < -0.39 is 0 Å². The number of rotatable bonds is 5. The van der Waals surface area contributed by atoms with Crippen LogP contribution in [0, 0.1) is 0 Å². The van der Waals surface area contributed by atoms with E-state index >= 15 is 0 Å². The first-order valence-corrected chi connectivity index (χ1v) is 9.97. The molecule has 0 spiro atoms. The molecule has 1 N–H and O–H groups in total. The summed E-state index contributed by atoms with van der Waals surface area (Å²) in [5.74, 6) is 0. The van der Waals surface area contributed by atoms with Gasteiger partial charge in [0.15, 0.2) is 0 Å². The summed E-state index contributed by atoms with van der Waals surface area (Å²) in [4.78, 5) is 16.0. The van der Waals surface area contributed by atoms with Crippen molar-refractivity contribution in [2.24, 2.45) is 0 Å². The van der Waals surface area contributed by atoms with E-state index in [1.807, 2.05) is 17.0 Å². The van der Waals surface area contributed by atoms with Crippen molar-refractivity contribution < 1.29 is 9.53 Å². The topological polar surface area (TPSA) is 41.6 Å². The van der Waals surface area contributed by atoms with Crippen LogP contribution >= 0.6 is 11.3 Å². The lowest BCUT2D eigenvalue weighted by atomic mass is 10.1. The molecule has 1 fully saturated rings. The predicted octanol–water partition coefficient (Wildman–Crippen LogP) is 4.45. The van der Waals surface area contributed by atoms with Gasteiger partial charge in [0.25, 0.3) is 0 Å². The number of thiophene rings is 1. The van der Waals surface area contributed by atoms with Gasteiger partial charge >= 0.3 is 6.03 Å². The average molecular weight is 356 g/mol. The molecule has 1 aromatic heterocycles. The molecule has 4 rings (SSSR count). The number of nitrogens with zero attached hydrogens (tertiary/aromatic N) is 1. The number of hydrogen-bond donors (Lipinski definition) is 1. The summed E-state index contributed by atoms with van der Waals surface area (Å²) in [5.41, 5.74) is 3.70. The van der Waals surface area contributed by atoms with Gasteiger partial charge in [-0.25, -0.2) is 4.79 Å². The molecule has 132 valence electrons. The number of urea groups is 1. The van der Waals surface area contributed by atoms with Crippen molar-refractivity contribution in [1.82, 2.24) is 4.90 Å². The summed E-state index contributed by atoms with van der Waals surface area (Å²) in [6.07, 6.45) is 5.78. The lowest BCUT2D eigenvalue weighted by Gasteiger charge is -2.25. The van der Waals surface area contributed by atoms with Crippen LogP contribution in [0.15, 0.2) is 35.7 Å². The number of carbonyl (C=O) groups excluding carboxylic acids is 1. The second-order valence-electron chi connectivity index (χ2n) is 6.86. The third-order valence-corrected chi connectivity index (χ3v) is 5.87. The number of aryl methyl sites for hydroxylation is 2. The first-order valence-electron chi connectivity index (χ1n) is 9.09. The van der Waals surface area contributed by atoms with Gasteiger partial charge in [0.1, 0.15) is 0 Å². The molecule has 2 amide bonds. The van der Waals surface area contributed by atoms with E-state index in [2.05, 4.69) is 28.9 Å². The first-order chi connectivity index (χ1) is 12.3. The molecule has 0 bridgehead atoms. The Morgan fingerprint density at radius 2 is 2.16 bits per heavy atom. The predicted molar refractivity (Wildman–Crippen MR) is 101 cm³/mol. The minimum Gasteiger partial charge on any atom is -0.376 e. The summed E-state index contributed by atoms with van der Waals surface area (Å²) in [5, 5.41) is 5.15. The molecule has 1 aliphatic carbocycles. The van der Waals surface area contributed by atoms with Crippen molar-refractivity contribution in [3.63, 3.8) is 0 Å². The fraction of sp³-hybridized carbons (Fsp3) is 0.450. The zero-order valence-corrected chi connectivity index (χ0v) is 15.2. The number of anilines is 1. The third kappa shape index (κ3) is 4.05. The van der Waals surface area contributed by atoms with E-state index in [0.717, 1.165) is 38.0 Å². The molecule has 2 aliphatic rings. The van der Waals surface area contributed by atoms with E-state index in [-0.39, 0.29) is 12.1 Å². The van der Waals surface area contributed by atoms with E-state index in [9.17, 15) is 4.79 Å². The van der Waals surface area contributed by atoms with Crippen LogP contribution < -0.4 is 5.32 Å². The van der Waals surface area contributed by atoms with Gasteiger partial charge in [0.2, 0.25) is 0 Å². The molecule has 25 heavy (non-hydrogen) atoms. The summed E-state index contributed by atoms with van der Waals surface area (Å²) in [7, 11) is 0. The molecule has 0 saturated carbocycles. The van der Waals surface area contributed by atoms with Gasteiger partial charge in [-0.05, 0) is 66.8 Å². The Labute approximate surface area is 152 Å². The molecule has 0 unspecified atom stereocenters. The fourth-order valence-corrected chi connectivity index (χ4v) is 4.42. The maximum Gasteiger partial charge on any atom is 0.322 e. The highest BCUT2D eigenvalue weighted by Gasteiger charge is 2.23. The first kappa shape index (κ1) is 16.6. The smallest absolute Gasteiger partial charge is 0.322 e. The van der Waals surface area contributed by atoms with Gasteiger partial charge in [-0.2, -0.15) is 0 Å². The van der Waals surface area contributed by atoms with Crippen LogP contribution in [0.3, 0.4) is 0 Å². The Morgan fingerprint density at radius 1 is 1.24 bits per heavy atom. The number of benzene rings is 1. The maximum atomic E-state index is 12.9. The Hall–Kier alpha value is -1.85. The largest absolute Gasteiger partial charge is 0.376 e. The van der Waals surface area contributed by atoms with Crippen LogP contribution in [-0.2, 0) is 24.1 Å². The fourth-order valence-electron chi connectivity index (χ4n) is 3.70. The molecule has 2 aromatic rings. The lowest BCUT2D eigenvalue weighted by molar-refractivity contribution is 0.0821. The molecular weight excluding hydrogens is 332 g/mol. The Morgan fingerprint density at radius 3 is 2.96 bits per heavy atom. The van der Waals surface area contributed by atoms with Crippen molar-refractivity contribution in [2.75, 3.05) is 18.5 Å². The standard InChI is InChI=1S/C20H24N2O2S/c23-20(21-17-9-8-15-4-1-5-16(15)12-17)22(13-18-6-2-10-24-18)14-19-7-3-11-25-19/h3,7-9,11-12,18H,1-2,4-6,10,13-14H2,(H,21,23)/t18-/m0/s1. The average Bonchev–Trinajstić information content (AvgIpc) is 3.36. The van der Waals surface area contributed by atoms with Gasteiger partial charge in [0, 0.05) is 23.7 Å². The zero-order chi connectivity index (χ0) is 17.1. The quantitative estimate of drug-likeness (QED) is 0.860. The van der Waals surface area contributed by atoms with E-state index in [0.29, 0.717) is 13.1 Å². The molecule has 1 aliphatic heterocycles. The summed E-state index contributed by atoms with van der Waals surface area (Å²) >= 11 is 1.69. The summed E-state index contributed by atoms with van der Waals surface area (Å²) < 4.78 is 5.75. The second-order valence-corrected chi connectivity index (χ2v) is 7.89. The van der Waals surface area contributed by atoms with Crippen LogP contribution in [0.5, 0.6) is 0 Å². The van der Waals surface area contributed by atoms with Gasteiger partial charge < -0.3 is 15.0 Å². The molecule has 0 radical (unpaired) electrons. The van der Waals surface area contributed by atoms with Gasteiger partial charge in [0.05, 0.1) is 12.6 Å². The Balaban J connectivity index is 1.46. The number of carbonyl (C=O) groups is 1. The molecule has 1 aromatic carbocycles. The highest BCUT2D eigenvalue weighted by atomic mass is 32.1. The van der Waals surface area contributed by atoms with Gasteiger partial charge in [-0.15, -0.1) is 11.3 Å². The highest BCUT2D eigenvalue weighted by Crippen LogP contribution is 2.25. The number of amides is 2. The highest BCUT2D eigenvalue weighted by molar-refractivity contribution is 7.09. The molecule has 5 heteroatoms. The number of hydrogen-bond acceptors (Lipinski definition) is 3. The summed E-state index contributed by atoms with van der Waals surface area (Å²) in [6, 6.07) is 10.4.